The molecule has 1 fully saturated rings. The fourth-order valence-corrected chi connectivity index (χ4v) is 4.60. The van der Waals surface area contributed by atoms with E-state index >= 15 is 0 Å². The van der Waals surface area contributed by atoms with Crippen LogP contribution < -0.4 is 10.1 Å². The maximum Gasteiger partial charge on any atom is 0.416 e. The highest BCUT2D eigenvalue weighted by molar-refractivity contribution is 8.00. The highest BCUT2D eigenvalue weighted by atomic mass is 32.2. The highest BCUT2D eigenvalue weighted by Gasteiger charge is 2.30. The van der Waals surface area contributed by atoms with Crippen molar-refractivity contribution in [2.75, 3.05) is 5.75 Å². The van der Waals surface area contributed by atoms with Crippen molar-refractivity contribution in [3.05, 3.63) is 71.1 Å². The predicted octanol–water partition coefficient (Wildman–Crippen LogP) is 4.91. The van der Waals surface area contributed by atoms with Crippen molar-refractivity contribution in [1.29, 1.82) is 0 Å². The first kappa shape index (κ1) is 23.2. The average molecular weight is 478 g/mol. The Morgan fingerprint density at radius 3 is 2.52 bits per heavy atom. The Hall–Kier alpha value is -2.98. The van der Waals surface area contributed by atoms with Gasteiger partial charge in [-0.05, 0) is 55.3 Å². The number of aromatic nitrogens is 1. The van der Waals surface area contributed by atoms with Gasteiger partial charge in [-0.15, -0.1) is 11.8 Å². The number of hydrogen-bond acceptors (Lipinski definition) is 6. The van der Waals surface area contributed by atoms with Gasteiger partial charge >= 0.3 is 12.1 Å². The van der Waals surface area contributed by atoms with E-state index in [0.717, 1.165) is 17.7 Å². The van der Waals surface area contributed by atoms with Crippen LogP contribution in [0, 0.1) is 6.92 Å². The molecule has 1 unspecified atom stereocenters. The molecule has 2 atom stereocenters. The third-order valence-electron chi connectivity index (χ3n) is 5.22. The monoisotopic (exact) mass is 478 g/mol. The number of carbonyl (C=O) groups is 1. The zero-order valence-corrected chi connectivity index (χ0v) is 18.4. The van der Waals surface area contributed by atoms with E-state index in [0.29, 0.717) is 34.9 Å². The topological polar surface area (TPSA) is 84.6 Å². The summed E-state index contributed by atoms with van der Waals surface area (Å²) in [6.45, 7) is 1.87. The van der Waals surface area contributed by atoms with E-state index in [1.165, 1.54) is 12.1 Å². The number of oxazole rings is 1. The molecule has 6 nitrogen and oxygen atoms in total. The summed E-state index contributed by atoms with van der Waals surface area (Å²) in [6.07, 6.45) is -3.69. The molecule has 0 aliphatic carbocycles. The first-order valence-electron chi connectivity index (χ1n) is 10.1. The Kier molecular flexibility index (Phi) is 6.66. The number of nitrogens with one attached hydrogen (secondary N) is 1. The lowest BCUT2D eigenvalue weighted by molar-refractivity contribution is -0.139. The largest absolute Gasteiger partial charge is 0.487 e. The van der Waals surface area contributed by atoms with Crippen LogP contribution in [-0.4, -0.2) is 33.2 Å². The summed E-state index contributed by atoms with van der Waals surface area (Å²) in [7, 11) is 0. The lowest BCUT2D eigenvalue weighted by atomic mass is 10.1. The van der Waals surface area contributed by atoms with Gasteiger partial charge in [-0.25, -0.2) is 4.98 Å². The Morgan fingerprint density at radius 2 is 1.91 bits per heavy atom. The zero-order valence-electron chi connectivity index (χ0n) is 17.6. The number of halogens is 3. The van der Waals surface area contributed by atoms with Gasteiger partial charge in [-0.2, -0.15) is 13.2 Å². The second-order valence-corrected chi connectivity index (χ2v) is 8.85. The third-order valence-corrected chi connectivity index (χ3v) is 6.45. The van der Waals surface area contributed by atoms with Crippen molar-refractivity contribution in [2.45, 2.75) is 37.5 Å². The summed E-state index contributed by atoms with van der Waals surface area (Å²) in [4.78, 5) is 15.4. The molecular formula is C23H21F3N2O4S. The van der Waals surface area contributed by atoms with E-state index in [1.807, 2.05) is 24.3 Å². The molecule has 0 amide bonds. The summed E-state index contributed by atoms with van der Waals surface area (Å²) in [5.41, 5.74) is 1.33. The molecule has 1 aromatic heterocycles. The Bertz CT molecular complexity index is 1110. The Morgan fingerprint density at radius 1 is 1.21 bits per heavy atom. The third kappa shape index (κ3) is 5.69. The number of alkyl halides is 3. The number of hydrogen-bond donors (Lipinski definition) is 2. The predicted molar refractivity (Wildman–Crippen MR) is 117 cm³/mol. The van der Waals surface area contributed by atoms with Crippen molar-refractivity contribution < 1.29 is 32.2 Å². The van der Waals surface area contributed by atoms with Crippen molar-refractivity contribution >= 4 is 17.7 Å². The molecular weight excluding hydrogens is 457 g/mol. The van der Waals surface area contributed by atoms with E-state index in [1.54, 1.807) is 18.7 Å². The van der Waals surface area contributed by atoms with Crippen LogP contribution in [0.15, 0.2) is 52.9 Å². The molecule has 174 valence electrons. The van der Waals surface area contributed by atoms with E-state index < -0.39 is 23.8 Å². The number of rotatable bonds is 7. The molecule has 2 aromatic carbocycles. The number of carboxylic acids is 1. The quantitative estimate of drug-likeness (QED) is 0.499. The molecule has 0 spiro atoms. The minimum atomic E-state index is -4.40. The number of thioether (sulfide) groups is 1. The highest BCUT2D eigenvalue weighted by Crippen LogP contribution is 2.31. The molecule has 33 heavy (non-hydrogen) atoms. The summed E-state index contributed by atoms with van der Waals surface area (Å²) in [6, 6.07) is 11.6. The molecule has 3 aromatic rings. The van der Waals surface area contributed by atoms with Crippen LogP contribution in [-0.2, 0) is 24.0 Å². The van der Waals surface area contributed by atoms with Gasteiger partial charge < -0.3 is 14.3 Å². The Balaban J connectivity index is 1.34. The fraction of sp³-hybridized carbons (Fsp3) is 0.304. The van der Waals surface area contributed by atoms with Crippen molar-refractivity contribution in [3.63, 3.8) is 0 Å². The first-order valence-corrected chi connectivity index (χ1v) is 11.2. The SMILES string of the molecule is Cc1oc(-c2ccc(C(F)(F)F)cc2)nc1COc1ccc(CC2N[C@H](C(=O)O)CS2)cc1. The first-order chi connectivity index (χ1) is 15.7. The number of ether oxygens (including phenoxy) is 1. The molecule has 1 saturated heterocycles. The van der Waals surface area contributed by atoms with Crippen molar-refractivity contribution in [1.82, 2.24) is 10.3 Å². The standard InChI is InChI=1S/C23H21F3N2O4S/c1-13-18(28-21(32-13)15-4-6-16(7-5-15)23(24,25)26)11-31-17-8-2-14(3-9-17)10-20-27-19(12-33-20)22(29)30/h2-9,19-20,27H,10-12H2,1H3,(H,29,30)/t19-,20?/m0/s1. The molecule has 1 aliphatic heterocycles. The van der Waals surface area contributed by atoms with Crippen LogP contribution >= 0.6 is 11.8 Å². The zero-order chi connectivity index (χ0) is 23.6. The van der Waals surface area contributed by atoms with E-state index in [-0.39, 0.29) is 17.9 Å². The van der Waals surface area contributed by atoms with Crippen molar-refractivity contribution in [2.24, 2.45) is 0 Å². The van der Waals surface area contributed by atoms with E-state index in [4.69, 9.17) is 14.3 Å². The molecule has 2 N–H and O–H groups in total. The average Bonchev–Trinajstić information content (AvgIpc) is 3.39. The summed E-state index contributed by atoms with van der Waals surface area (Å²) in [5, 5.41) is 12.2. The second-order valence-electron chi connectivity index (χ2n) is 7.61. The van der Waals surface area contributed by atoms with Gasteiger partial charge in [0.1, 0.15) is 29.9 Å². The molecule has 10 heteroatoms. The summed E-state index contributed by atoms with van der Waals surface area (Å²) in [5.74, 6) is 1.11. The van der Waals surface area contributed by atoms with Crippen LogP contribution in [0.3, 0.4) is 0 Å². The minimum absolute atomic E-state index is 0.0549. The molecule has 0 bridgehead atoms. The van der Waals surface area contributed by atoms with Gasteiger partial charge in [0.05, 0.1) is 10.9 Å². The number of aliphatic carboxylic acids is 1. The van der Waals surface area contributed by atoms with Crippen LogP contribution in [0.1, 0.15) is 22.6 Å². The lowest BCUT2D eigenvalue weighted by Gasteiger charge is -2.11. The van der Waals surface area contributed by atoms with Gasteiger partial charge in [0.25, 0.3) is 0 Å². The summed E-state index contributed by atoms with van der Waals surface area (Å²) >= 11 is 1.59. The van der Waals surface area contributed by atoms with Crippen LogP contribution in [0.5, 0.6) is 5.75 Å². The maximum absolute atomic E-state index is 12.7. The number of carboxylic acid groups (broad SMARTS) is 1. The normalized spacial score (nSPS) is 18.4. The molecule has 2 heterocycles. The second kappa shape index (κ2) is 9.48. The van der Waals surface area contributed by atoms with Crippen molar-refractivity contribution in [3.8, 4) is 17.2 Å². The minimum Gasteiger partial charge on any atom is -0.487 e. The maximum atomic E-state index is 12.7. The van der Waals surface area contributed by atoms with E-state index in [9.17, 15) is 18.0 Å². The van der Waals surface area contributed by atoms with Gasteiger partial charge in [-0.3, -0.25) is 10.1 Å². The van der Waals surface area contributed by atoms with Gasteiger partial charge in [0.15, 0.2) is 0 Å². The van der Waals surface area contributed by atoms with E-state index in [2.05, 4.69) is 10.3 Å². The Labute approximate surface area is 192 Å². The number of benzene rings is 2. The molecule has 1 aliphatic rings. The molecule has 0 saturated carbocycles. The molecule has 4 rings (SSSR count). The van der Waals surface area contributed by atoms with Crippen LogP contribution in [0.4, 0.5) is 13.2 Å². The van der Waals surface area contributed by atoms with Gasteiger partial charge in [0, 0.05) is 11.3 Å². The van der Waals surface area contributed by atoms with Crippen LogP contribution in [0.25, 0.3) is 11.5 Å². The molecule has 0 radical (unpaired) electrons. The number of aryl methyl sites for hydroxylation is 1. The lowest BCUT2D eigenvalue weighted by Crippen LogP contribution is -2.37. The smallest absolute Gasteiger partial charge is 0.416 e. The fourth-order valence-electron chi connectivity index (χ4n) is 3.37. The van der Waals surface area contributed by atoms with Gasteiger partial charge in [0.2, 0.25) is 5.89 Å². The number of nitrogens with zero attached hydrogens (tertiary/aromatic N) is 1. The van der Waals surface area contributed by atoms with Gasteiger partial charge in [-0.1, -0.05) is 12.1 Å². The summed E-state index contributed by atoms with van der Waals surface area (Å²) < 4.78 is 49.6. The van der Waals surface area contributed by atoms with Crippen LogP contribution in [0.2, 0.25) is 0 Å².